The van der Waals surface area contributed by atoms with Crippen LogP contribution in [0.3, 0.4) is 0 Å². The summed E-state index contributed by atoms with van der Waals surface area (Å²) in [4.78, 5) is 2.11. The largest absolute Gasteiger partial charge is 0.353 e. The Morgan fingerprint density at radius 1 is 1.60 bits per heavy atom. The van der Waals surface area contributed by atoms with Crippen LogP contribution in [0.5, 0.6) is 0 Å². The summed E-state index contributed by atoms with van der Waals surface area (Å²) >= 11 is 0. The first kappa shape index (κ1) is 9.28. The molecule has 0 spiro atoms. The molecular formula is C9H17N. The van der Waals surface area contributed by atoms with Crippen LogP contribution in [0.25, 0.3) is 0 Å². The van der Waals surface area contributed by atoms with E-state index in [1.807, 2.05) is 14.0 Å². The maximum Gasteiger partial charge on any atom is 0.0128 e. The van der Waals surface area contributed by atoms with Gasteiger partial charge in [-0.3, -0.25) is 0 Å². The second-order valence-electron chi connectivity index (χ2n) is 2.43. The molecule has 0 N–H and O–H groups in total. The standard InChI is InChI=1S/C9H17N/c1-6-9(7-2)10(5)8(3)4/h6H,3,7H2,1-2,4-5H3/b9-6+. The molecule has 0 aromatic carbocycles. The molecule has 0 aliphatic heterocycles. The molecule has 10 heavy (non-hydrogen) atoms. The summed E-state index contributed by atoms with van der Waals surface area (Å²) in [6.45, 7) is 10.1. The molecule has 0 aliphatic carbocycles. The first-order chi connectivity index (χ1) is 4.63. The number of allylic oxidation sites excluding steroid dienone is 3. The normalized spacial score (nSPS) is 11.4. The molecule has 0 rings (SSSR count). The second-order valence-corrected chi connectivity index (χ2v) is 2.43. The molecule has 0 aromatic rings. The Morgan fingerprint density at radius 2 is 2.10 bits per heavy atom. The molecule has 0 heterocycles. The first-order valence-corrected chi connectivity index (χ1v) is 3.67. The Hall–Kier alpha value is -0.720. The SMILES string of the molecule is C=C(C)N(C)/C(=C/C)CC. The molecule has 1 nitrogen and oxygen atoms in total. The minimum Gasteiger partial charge on any atom is -0.353 e. The van der Waals surface area contributed by atoms with Gasteiger partial charge >= 0.3 is 0 Å². The smallest absolute Gasteiger partial charge is 0.0128 e. The lowest BCUT2D eigenvalue weighted by molar-refractivity contribution is 0.503. The quantitative estimate of drug-likeness (QED) is 0.581. The van der Waals surface area contributed by atoms with Gasteiger partial charge in [0, 0.05) is 18.4 Å². The average Bonchev–Trinajstić information content (AvgIpc) is 1.90. The van der Waals surface area contributed by atoms with Crippen molar-refractivity contribution in [2.24, 2.45) is 0 Å². The van der Waals surface area contributed by atoms with E-state index in [9.17, 15) is 0 Å². The molecule has 0 bridgehead atoms. The zero-order valence-electron chi connectivity index (χ0n) is 7.44. The van der Waals surface area contributed by atoms with Crippen molar-refractivity contribution >= 4 is 0 Å². The van der Waals surface area contributed by atoms with Crippen molar-refractivity contribution in [2.75, 3.05) is 7.05 Å². The van der Waals surface area contributed by atoms with Gasteiger partial charge in [-0.1, -0.05) is 19.6 Å². The van der Waals surface area contributed by atoms with Gasteiger partial charge in [0.15, 0.2) is 0 Å². The third-order valence-corrected chi connectivity index (χ3v) is 1.70. The Labute approximate surface area is 64.0 Å². The van der Waals surface area contributed by atoms with Crippen LogP contribution < -0.4 is 0 Å². The average molecular weight is 139 g/mol. The van der Waals surface area contributed by atoms with Crippen LogP contribution in [0.15, 0.2) is 24.0 Å². The maximum atomic E-state index is 3.86. The van der Waals surface area contributed by atoms with E-state index < -0.39 is 0 Å². The van der Waals surface area contributed by atoms with E-state index in [-0.39, 0.29) is 0 Å². The van der Waals surface area contributed by atoms with Crippen molar-refractivity contribution in [1.82, 2.24) is 4.90 Å². The Morgan fingerprint density at radius 3 is 2.20 bits per heavy atom. The van der Waals surface area contributed by atoms with Gasteiger partial charge in [0.05, 0.1) is 0 Å². The summed E-state index contributed by atoms with van der Waals surface area (Å²) in [5.41, 5.74) is 2.42. The Kier molecular flexibility index (Phi) is 3.85. The topological polar surface area (TPSA) is 3.24 Å². The van der Waals surface area contributed by atoms with Gasteiger partial charge in [-0.25, -0.2) is 0 Å². The lowest BCUT2D eigenvalue weighted by atomic mass is 10.3. The summed E-state index contributed by atoms with van der Waals surface area (Å²) in [6, 6.07) is 0. The zero-order chi connectivity index (χ0) is 8.15. The molecular weight excluding hydrogens is 122 g/mol. The van der Waals surface area contributed by atoms with Gasteiger partial charge in [-0.15, -0.1) is 0 Å². The van der Waals surface area contributed by atoms with E-state index >= 15 is 0 Å². The first-order valence-electron chi connectivity index (χ1n) is 3.67. The van der Waals surface area contributed by atoms with Gasteiger partial charge in [0.1, 0.15) is 0 Å². The molecule has 0 fully saturated rings. The van der Waals surface area contributed by atoms with Gasteiger partial charge in [-0.2, -0.15) is 0 Å². The molecule has 1 heteroatoms. The number of hydrogen-bond acceptors (Lipinski definition) is 1. The van der Waals surface area contributed by atoms with E-state index in [0.717, 1.165) is 12.1 Å². The maximum absolute atomic E-state index is 3.86. The fraction of sp³-hybridized carbons (Fsp3) is 0.556. The monoisotopic (exact) mass is 139 g/mol. The molecule has 0 saturated heterocycles. The van der Waals surface area contributed by atoms with E-state index in [2.05, 4.69) is 31.4 Å². The number of nitrogens with zero attached hydrogens (tertiary/aromatic N) is 1. The summed E-state index contributed by atoms with van der Waals surface area (Å²) in [7, 11) is 2.04. The van der Waals surface area contributed by atoms with Gasteiger partial charge in [0.2, 0.25) is 0 Å². The lowest BCUT2D eigenvalue weighted by Crippen LogP contribution is -2.13. The highest BCUT2D eigenvalue weighted by atomic mass is 15.1. The lowest BCUT2D eigenvalue weighted by Gasteiger charge is -2.21. The molecule has 0 unspecified atom stereocenters. The molecule has 0 atom stereocenters. The summed E-state index contributed by atoms with van der Waals surface area (Å²) < 4.78 is 0. The van der Waals surface area contributed by atoms with Crippen molar-refractivity contribution in [3.63, 3.8) is 0 Å². The highest BCUT2D eigenvalue weighted by Crippen LogP contribution is 2.10. The zero-order valence-corrected chi connectivity index (χ0v) is 7.44. The van der Waals surface area contributed by atoms with E-state index in [1.54, 1.807) is 0 Å². The van der Waals surface area contributed by atoms with Gasteiger partial charge < -0.3 is 4.90 Å². The van der Waals surface area contributed by atoms with Crippen LogP contribution >= 0.6 is 0 Å². The molecule has 0 radical (unpaired) electrons. The fourth-order valence-corrected chi connectivity index (χ4v) is 0.880. The van der Waals surface area contributed by atoms with Gasteiger partial charge in [-0.05, 0) is 20.3 Å². The fourth-order valence-electron chi connectivity index (χ4n) is 0.880. The highest BCUT2D eigenvalue weighted by Gasteiger charge is 1.99. The Balaban J connectivity index is 4.17. The summed E-state index contributed by atoms with van der Waals surface area (Å²) in [5.74, 6) is 0. The predicted octanol–water partition coefficient (Wildman–Crippen LogP) is 2.77. The minimum absolute atomic E-state index is 1.07. The minimum atomic E-state index is 1.07. The second kappa shape index (κ2) is 4.15. The van der Waals surface area contributed by atoms with Gasteiger partial charge in [0.25, 0.3) is 0 Å². The van der Waals surface area contributed by atoms with Crippen molar-refractivity contribution in [2.45, 2.75) is 27.2 Å². The predicted molar refractivity (Wildman–Crippen MR) is 46.6 cm³/mol. The molecule has 0 saturated carbocycles. The number of rotatable bonds is 3. The Bertz CT molecular complexity index is 145. The third kappa shape index (κ3) is 2.26. The van der Waals surface area contributed by atoms with Crippen LogP contribution in [0.4, 0.5) is 0 Å². The van der Waals surface area contributed by atoms with Crippen LogP contribution in [-0.2, 0) is 0 Å². The molecule has 0 aromatic heterocycles. The molecule has 0 amide bonds. The van der Waals surface area contributed by atoms with Crippen molar-refractivity contribution in [1.29, 1.82) is 0 Å². The van der Waals surface area contributed by atoms with Crippen molar-refractivity contribution in [3.8, 4) is 0 Å². The summed E-state index contributed by atoms with van der Waals surface area (Å²) in [6.07, 6.45) is 3.19. The van der Waals surface area contributed by atoms with Crippen LogP contribution in [0.1, 0.15) is 27.2 Å². The van der Waals surface area contributed by atoms with E-state index in [0.29, 0.717) is 0 Å². The van der Waals surface area contributed by atoms with E-state index in [4.69, 9.17) is 0 Å². The third-order valence-electron chi connectivity index (χ3n) is 1.70. The molecule has 0 aliphatic rings. The summed E-state index contributed by atoms with van der Waals surface area (Å²) in [5, 5.41) is 0. The van der Waals surface area contributed by atoms with Crippen LogP contribution in [0.2, 0.25) is 0 Å². The highest BCUT2D eigenvalue weighted by molar-refractivity contribution is 5.06. The number of hydrogen-bond donors (Lipinski definition) is 0. The van der Waals surface area contributed by atoms with E-state index in [1.165, 1.54) is 5.70 Å². The van der Waals surface area contributed by atoms with Crippen molar-refractivity contribution in [3.05, 3.63) is 24.0 Å². The van der Waals surface area contributed by atoms with Crippen molar-refractivity contribution < 1.29 is 0 Å². The van der Waals surface area contributed by atoms with Crippen LogP contribution in [0, 0.1) is 0 Å². The van der Waals surface area contributed by atoms with Crippen LogP contribution in [-0.4, -0.2) is 11.9 Å². The molecule has 58 valence electrons.